The number of rotatable bonds is 6. The summed E-state index contributed by atoms with van der Waals surface area (Å²) in [5, 5.41) is 12.6. The third-order valence-corrected chi connectivity index (χ3v) is 4.30. The molecule has 1 saturated heterocycles. The minimum Gasteiger partial charge on any atom is -0.481 e. The molecule has 3 atom stereocenters. The van der Waals surface area contributed by atoms with E-state index >= 15 is 0 Å². The monoisotopic (exact) mass is 255 g/mol. The molecular formula is C14H25NO3. The van der Waals surface area contributed by atoms with Gasteiger partial charge in [0.1, 0.15) is 0 Å². The van der Waals surface area contributed by atoms with E-state index in [0.717, 1.165) is 45.4 Å². The van der Waals surface area contributed by atoms with Crippen LogP contribution < -0.4 is 5.32 Å². The van der Waals surface area contributed by atoms with Gasteiger partial charge < -0.3 is 15.2 Å². The summed E-state index contributed by atoms with van der Waals surface area (Å²) in [5.74, 6) is -0.421. The molecule has 1 aliphatic heterocycles. The molecule has 1 saturated carbocycles. The predicted molar refractivity (Wildman–Crippen MR) is 69.5 cm³/mol. The van der Waals surface area contributed by atoms with Crippen molar-refractivity contribution in [2.24, 2.45) is 11.8 Å². The van der Waals surface area contributed by atoms with Crippen LogP contribution in [0.2, 0.25) is 0 Å². The van der Waals surface area contributed by atoms with E-state index in [1.165, 1.54) is 19.3 Å². The zero-order valence-electron chi connectivity index (χ0n) is 11.1. The second-order valence-electron chi connectivity index (χ2n) is 5.62. The van der Waals surface area contributed by atoms with E-state index in [2.05, 4.69) is 5.32 Å². The van der Waals surface area contributed by atoms with E-state index in [0.29, 0.717) is 12.0 Å². The molecule has 1 heterocycles. The van der Waals surface area contributed by atoms with E-state index in [-0.39, 0.29) is 5.92 Å². The number of carboxylic acids is 1. The van der Waals surface area contributed by atoms with Gasteiger partial charge in [-0.25, -0.2) is 0 Å². The van der Waals surface area contributed by atoms with Gasteiger partial charge in [-0.2, -0.15) is 0 Å². The quantitative estimate of drug-likeness (QED) is 0.713. The zero-order chi connectivity index (χ0) is 12.8. The number of nitrogens with one attached hydrogen (secondary N) is 1. The molecule has 0 aromatic carbocycles. The van der Waals surface area contributed by atoms with E-state index in [1.807, 2.05) is 0 Å². The van der Waals surface area contributed by atoms with Crippen LogP contribution in [-0.4, -0.2) is 36.9 Å². The molecule has 2 fully saturated rings. The fourth-order valence-corrected chi connectivity index (χ4v) is 3.20. The lowest BCUT2D eigenvalue weighted by atomic mass is 9.79. The molecule has 18 heavy (non-hydrogen) atoms. The number of carboxylic acid groups (broad SMARTS) is 1. The third kappa shape index (κ3) is 3.95. The molecule has 0 bridgehead atoms. The SMILES string of the molecule is O=C(O)C1CCCCC1CNCCC1CCCO1. The van der Waals surface area contributed by atoms with Crippen molar-refractivity contribution < 1.29 is 14.6 Å². The smallest absolute Gasteiger partial charge is 0.306 e. The van der Waals surface area contributed by atoms with E-state index in [1.54, 1.807) is 0 Å². The van der Waals surface area contributed by atoms with Gasteiger partial charge in [0.2, 0.25) is 0 Å². The van der Waals surface area contributed by atoms with Crippen LogP contribution in [0.3, 0.4) is 0 Å². The van der Waals surface area contributed by atoms with Crippen molar-refractivity contribution in [1.82, 2.24) is 5.32 Å². The first kappa shape index (κ1) is 13.8. The van der Waals surface area contributed by atoms with Gasteiger partial charge in [0.05, 0.1) is 12.0 Å². The van der Waals surface area contributed by atoms with Crippen molar-refractivity contribution in [2.45, 2.75) is 51.0 Å². The van der Waals surface area contributed by atoms with Crippen LogP contribution in [-0.2, 0) is 9.53 Å². The fourth-order valence-electron chi connectivity index (χ4n) is 3.20. The van der Waals surface area contributed by atoms with Crippen LogP contribution >= 0.6 is 0 Å². The highest BCUT2D eigenvalue weighted by Crippen LogP contribution is 2.29. The summed E-state index contributed by atoms with van der Waals surface area (Å²) in [6.45, 7) is 2.71. The summed E-state index contributed by atoms with van der Waals surface area (Å²) in [5.41, 5.74) is 0. The van der Waals surface area contributed by atoms with Crippen molar-refractivity contribution >= 4 is 5.97 Å². The molecule has 2 rings (SSSR count). The van der Waals surface area contributed by atoms with Crippen molar-refractivity contribution in [2.75, 3.05) is 19.7 Å². The van der Waals surface area contributed by atoms with Gasteiger partial charge in [0.15, 0.2) is 0 Å². The minimum atomic E-state index is -0.611. The first-order chi connectivity index (χ1) is 8.77. The maximum atomic E-state index is 11.2. The highest BCUT2D eigenvalue weighted by Gasteiger charge is 2.30. The Morgan fingerprint density at radius 1 is 1.22 bits per heavy atom. The number of carbonyl (C=O) groups is 1. The Labute approximate surface area is 109 Å². The summed E-state index contributed by atoms with van der Waals surface area (Å²) >= 11 is 0. The molecule has 0 amide bonds. The second-order valence-corrected chi connectivity index (χ2v) is 5.62. The van der Waals surface area contributed by atoms with E-state index < -0.39 is 5.97 Å². The first-order valence-corrected chi connectivity index (χ1v) is 7.32. The molecule has 0 radical (unpaired) electrons. The molecule has 3 unspecified atom stereocenters. The maximum absolute atomic E-state index is 11.2. The van der Waals surface area contributed by atoms with Crippen LogP contribution in [0.4, 0.5) is 0 Å². The summed E-state index contributed by atoms with van der Waals surface area (Å²) < 4.78 is 5.57. The molecule has 4 heteroatoms. The topological polar surface area (TPSA) is 58.6 Å². The minimum absolute atomic E-state index is 0.131. The van der Waals surface area contributed by atoms with Gasteiger partial charge in [-0.1, -0.05) is 12.8 Å². The Hall–Kier alpha value is -0.610. The van der Waals surface area contributed by atoms with Crippen LogP contribution in [0.15, 0.2) is 0 Å². The molecule has 1 aliphatic carbocycles. The van der Waals surface area contributed by atoms with Crippen LogP contribution in [0.25, 0.3) is 0 Å². The lowest BCUT2D eigenvalue weighted by Crippen LogP contribution is -2.35. The van der Waals surface area contributed by atoms with Gasteiger partial charge in [-0.15, -0.1) is 0 Å². The Bertz CT molecular complexity index is 264. The second kappa shape index (κ2) is 7.10. The predicted octanol–water partition coefficient (Wildman–Crippen LogP) is 2.04. The summed E-state index contributed by atoms with van der Waals surface area (Å²) in [6.07, 6.45) is 8.03. The normalized spacial score (nSPS) is 32.6. The molecule has 2 N–H and O–H groups in total. The number of aliphatic carboxylic acids is 1. The highest BCUT2D eigenvalue weighted by atomic mass is 16.5. The van der Waals surface area contributed by atoms with Gasteiger partial charge in [0, 0.05) is 6.61 Å². The number of hydrogen-bond donors (Lipinski definition) is 2. The first-order valence-electron chi connectivity index (χ1n) is 7.32. The fraction of sp³-hybridized carbons (Fsp3) is 0.929. The Balaban J connectivity index is 1.63. The maximum Gasteiger partial charge on any atom is 0.306 e. The molecule has 4 nitrogen and oxygen atoms in total. The van der Waals surface area contributed by atoms with Crippen molar-refractivity contribution in [3.8, 4) is 0 Å². The van der Waals surface area contributed by atoms with Crippen LogP contribution in [0.5, 0.6) is 0 Å². The van der Waals surface area contributed by atoms with E-state index in [9.17, 15) is 9.90 Å². The number of hydrogen-bond acceptors (Lipinski definition) is 3. The van der Waals surface area contributed by atoms with E-state index in [4.69, 9.17) is 4.74 Å². The molecule has 0 aromatic heterocycles. The van der Waals surface area contributed by atoms with Gasteiger partial charge in [-0.05, 0) is 51.1 Å². The molecule has 0 aromatic rings. The summed E-state index contributed by atoms with van der Waals surface area (Å²) in [4.78, 5) is 11.2. The standard InChI is InChI=1S/C14H25NO3/c16-14(17)13-6-2-1-4-11(13)10-15-8-7-12-5-3-9-18-12/h11-13,15H,1-10H2,(H,16,17). The van der Waals surface area contributed by atoms with Crippen LogP contribution in [0.1, 0.15) is 44.9 Å². The molecule has 104 valence electrons. The Morgan fingerprint density at radius 3 is 2.78 bits per heavy atom. The number of ether oxygens (including phenoxy) is 1. The summed E-state index contributed by atoms with van der Waals surface area (Å²) in [7, 11) is 0. The van der Waals surface area contributed by atoms with Gasteiger partial charge in [-0.3, -0.25) is 4.79 Å². The average Bonchev–Trinajstić information content (AvgIpc) is 2.88. The average molecular weight is 255 g/mol. The zero-order valence-corrected chi connectivity index (χ0v) is 11.1. The molecule has 0 spiro atoms. The largest absolute Gasteiger partial charge is 0.481 e. The lowest BCUT2D eigenvalue weighted by Gasteiger charge is -2.28. The third-order valence-electron chi connectivity index (χ3n) is 4.30. The summed E-state index contributed by atoms with van der Waals surface area (Å²) in [6, 6.07) is 0. The van der Waals surface area contributed by atoms with Crippen molar-refractivity contribution in [1.29, 1.82) is 0 Å². The van der Waals surface area contributed by atoms with Gasteiger partial charge in [0.25, 0.3) is 0 Å². The lowest BCUT2D eigenvalue weighted by molar-refractivity contribution is -0.144. The van der Waals surface area contributed by atoms with Crippen molar-refractivity contribution in [3.05, 3.63) is 0 Å². The van der Waals surface area contributed by atoms with Crippen LogP contribution in [0, 0.1) is 11.8 Å². The Morgan fingerprint density at radius 2 is 2.06 bits per heavy atom. The molecular weight excluding hydrogens is 230 g/mol. The van der Waals surface area contributed by atoms with Gasteiger partial charge >= 0.3 is 5.97 Å². The Kier molecular flexibility index (Phi) is 5.45. The van der Waals surface area contributed by atoms with Crippen molar-refractivity contribution in [3.63, 3.8) is 0 Å². The highest BCUT2D eigenvalue weighted by molar-refractivity contribution is 5.70. The molecule has 2 aliphatic rings.